The number of ether oxygens (including phenoxy) is 1. The number of furan rings is 1. The number of rotatable bonds is 5. The molecule has 1 N–H and O–H groups in total. The lowest BCUT2D eigenvalue weighted by Crippen LogP contribution is -2.44. The minimum absolute atomic E-state index is 0.300. The quantitative estimate of drug-likeness (QED) is 0.838. The van der Waals surface area contributed by atoms with Crippen molar-refractivity contribution in [3.05, 3.63) is 23.7 Å². The van der Waals surface area contributed by atoms with Gasteiger partial charge >= 0.3 is 0 Å². The van der Waals surface area contributed by atoms with E-state index in [4.69, 9.17) is 9.15 Å². The molecule has 1 aliphatic rings. The van der Waals surface area contributed by atoms with Crippen LogP contribution in [0.2, 0.25) is 0 Å². The van der Waals surface area contributed by atoms with Crippen LogP contribution in [0.3, 0.4) is 0 Å². The predicted octanol–water partition coefficient (Wildman–Crippen LogP) is 1.26. The maximum Gasteiger partial charge on any atom is 0.117 e. The molecule has 1 aromatic rings. The molecule has 0 aliphatic carbocycles. The summed E-state index contributed by atoms with van der Waals surface area (Å²) in [5.74, 6) is 2.06. The smallest absolute Gasteiger partial charge is 0.117 e. The van der Waals surface area contributed by atoms with E-state index in [0.29, 0.717) is 6.10 Å². The van der Waals surface area contributed by atoms with Crippen molar-refractivity contribution in [1.29, 1.82) is 0 Å². The summed E-state index contributed by atoms with van der Waals surface area (Å²) in [5.41, 5.74) is 0. The van der Waals surface area contributed by atoms with Crippen molar-refractivity contribution in [1.82, 2.24) is 10.2 Å². The molecular weight excluding hydrogens is 216 g/mol. The fourth-order valence-corrected chi connectivity index (χ4v) is 2.05. The summed E-state index contributed by atoms with van der Waals surface area (Å²) >= 11 is 0. The zero-order chi connectivity index (χ0) is 12.1. The third-order valence-corrected chi connectivity index (χ3v) is 3.08. The third-order valence-electron chi connectivity index (χ3n) is 3.08. The van der Waals surface area contributed by atoms with E-state index in [-0.39, 0.29) is 0 Å². The van der Waals surface area contributed by atoms with Gasteiger partial charge < -0.3 is 19.4 Å². The number of likely N-dealkylation sites (N-methyl/N-ethyl adjacent to an activating group) is 1. The van der Waals surface area contributed by atoms with Crippen LogP contribution in [0.1, 0.15) is 18.4 Å². The number of hydrogen-bond donors (Lipinski definition) is 1. The summed E-state index contributed by atoms with van der Waals surface area (Å²) in [6, 6.07) is 4.08. The maximum atomic E-state index is 5.68. The fourth-order valence-electron chi connectivity index (χ4n) is 2.05. The summed E-state index contributed by atoms with van der Waals surface area (Å²) in [4.78, 5) is 2.30. The molecule has 0 aromatic carbocycles. The number of nitrogens with zero attached hydrogens (tertiary/aromatic N) is 1. The van der Waals surface area contributed by atoms with E-state index in [1.54, 1.807) is 0 Å². The van der Waals surface area contributed by atoms with E-state index >= 15 is 0 Å². The average Bonchev–Trinajstić information content (AvgIpc) is 2.77. The molecule has 0 saturated carbocycles. The molecule has 96 valence electrons. The van der Waals surface area contributed by atoms with Gasteiger partial charge in [0.2, 0.25) is 0 Å². The largest absolute Gasteiger partial charge is 0.465 e. The Morgan fingerprint density at radius 1 is 1.41 bits per heavy atom. The molecule has 1 aromatic heterocycles. The van der Waals surface area contributed by atoms with Crippen molar-refractivity contribution >= 4 is 0 Å². The van der Waals surface area contributed by atoms with Crippen LogP contribution in [0.15, 0.2) is 16.5 Å². The van der Waals surface area contributed by atoms with Crippen molar-refractivity contribution in [2.45, 2.75) is 26.0 Å². The molecule has 1 unspecified atom stereocenters. The standard InChI is InChI=1S/C13H22N2O2/c1-3-11-4-5-12(17-11)8-14-9-13-10-15(2)6-7-16-13/h4-5,13-14H,3,6-10H2,1-2H3. The number of hydrogen-bond acceptors (Lipinski definition) is 4. The van der Waals surface area contributed by atoms with Crippen molar-refractivity contribution in [2.24, 2.45) is 0 Å². The molecule has 1 saturated heterocycles. The Hall–Kier alpha value is -0.840. The van der Waals surface area contributed by atoms with E-state index in [1.165, 1.54) is 0 Å². The van der Waals surface area contributed by atoms with Crippen molar-refractivity contribution in [3.8, 4) is 0 Å². The minimum Gasteiger partial charge on any atom is -0.465 e. The maximum absolute atomic E-state index is 5.68. The molecule has 17 heavy (non-hydrogen) atoms. The highest BCUT2D eigenvalue weighted by atomic mass is 16.5. The molecule has 2 rings (SSSR count). The first-order chi connectivity index (χ1) is 8.28. The molecule has 0 amide bonds. The summed E-state index contributed by atoms with van der Waals surface area (Å²) in [7, 11) is 2.13. The predicted molar refractivity (Wildman–Crippen MR) is 67.0 cm³/mol. The zero-order valence-electron chi connectivity index (χ0n) is 10.7. The van der Waals surface area contributed by atoms with Gasteiger partial charge in [0.05, 0.1) is 19.3 Å². The summed E-state index contributed by atoms with van der Waals surface area (Å²) in [5, 5.41) is 3.38. The molecule has 1 fully saturated rings. The molecular formula is C13H22N2O2. The molecule has 1 aliphatic heterocycles. The molecule has 0 bridgehead atoms. The second-order valence-electron chi connectivity index (χ2n) is 4.61. The lowest BCUT2D eigenvalue weighted by Gasteiger charge is -2.30. The van der Waals surface area contributed by atoms with E-state index in [2.05, 4.69) is 24.2 Å². The molecule has 0 spiro atoms. The Labute approximate surface area is 103 Å². The van der Waals surface area contributed by atoms with Crippen LogP contribution in [0.25, 0.3) is 0 Å². The highest BCUT2D eigenvalue weighted by Gasteiger charge is 2.16. The Morgan fingerprint density at radius 2 is 2.24 bits per heavy atom. The summed E-state index contributed by atoms with van der Waals surface area (Å²) < 4.78 is 11.3. The minimum atomic E-state index is 0.300. The lowest BCUT2D eigenvalue weighted by atomic mass is 10.3. The average molecular weight is 238 g/mol. The Balaban J connectivity index is 1.68. The summed E-state index contributed by atoms with van der Waals surface area (Å²) in [6.45, 7) is 6.64. The second kappa shape index (κ2) is 6.19. The lowest BCUT2D eigenvalue weighted by molar-refractivity contribution is -0.0183. The van der Waals surface area contributed by atoms with Gasteiger partial charge in [0.1, 0.15) is 11.5 Å². The van der Waals surface area contributed by atoms with Gasteiger partial charge in [-0.05, 0) is 19.2 Å². The fraction of sp³-hybridized carbons (Fsp3) is 0.692. The first-order valence-electron chi connectivity index (χ1n) is 6.36. The van der Waals surface area contributed by atoms with Crippen LogP contribution in [-0.2, 0) is 17.7 Å². The van der Waals surface area contributed by atoms with E-state index in [9.17, 15) is 0 Å². The van der Waals surface area contributed by atoms with Gasteiger partial charge in [0.25, 0.3) is 0 Å². The number of morpholine rings is 1. The van der Waals surface area contributed by atoms with Crippen LogP contribution in [0.4, 0.5) is 0 Å². The molecule has 2 heterocycles. The van der Waals surface area contributed by atoms with Gasteiger partial charge in [-0.3, -0.25) is 0 Å². The van der Waals surface area contributed by atoms with Crippen molar-refractivity contribution in [2.75, 3.05) is 33.3 Å². The first-order valence-corrected chi connectivity index (χ1v) is 6.36. The molecule has 1 atom stereocenters. The SMILES string of the molecule is CCc1ccc(CNCC2CN(C)CCO2)o1. The van der Waals surface area contributed by atoms with Crippen LogP contribution in [0.5, 0.6) is 0 Å². The van der Waals surface area contributed by atoms with Crippen molar-refractivity contribution in [3.63, 3.8) is 0 Å². The van der Waals surface area contributed by atoms with Gasteiger partial charge in [-0.2, -0.15) is 0 Å². The van der Waals surface area contributed by atoms with Gasteiger partial charge in [-0.1, -0.05) is 6.92 Å². The van der Waals surface area contributed by atoms with Gasteiger partial charge in [-0.25, -0.2) is 0 Å². The number of nitrogens with one attached hydrogen (secondary N) is 1. The van der Waals surface area contributed by atoms with Crippen LogP contribution >= 0.6 is 0 Å². The third kappa shape index (κ3) is 3.84. The van der Waals surface area contributed by atoms with Crippen LogP contribution in [-0.4, -0.2) is 44.3 Å². The van der Waals surface area contributed by atoms with Crippen molar-refractivity contribution < 1.29 is 9.15 Å². The van der Waals surface area contributed by atoms with Gasteiger partial charge in [-0.15, -0.1) is 0 Å². The first kappa shape index (κ1) is 12.6. The molecule has 0 radical (unpaired) electrons. The second-order valence-corrected chi connectivity index (χ2v) is 4.61. The van der Waals surface area contributed by atoms with Gasteiger partial charge in [0.15, 0.2) is 0 Å². The summed E-state index contributed by atoms with van der Waals surface area (Å²) in [6.07, 6.45) is 1.26. The Morgan fingerprint density at radius 3 is 2.94 bits per heavy atom. The highest BCUT2D eigenvalue weighted by molar-refractivity contribution is 5.06. The Bertz CT molecular complexity index is 338. The van der Waals surface area contributed by atoms with E-state index in [0.717, 1.165) is 50.7 Å². The van der Waals surface area contributed by atoms with Gasteiger partial charge in [0, 0.05) is 26.1 Å². The van der Waals surface area contributed by atoms with E-state index < -0.39 is 0 Å². The monoisotopic (exact) mass is 238 g/mol. The van der Waals surface area contributed by atoms with Crippen LogP contribution < -0.4 is 5.32 Å². The van der Waals surface area contributed by atoms with E-state index in [1.807, 2.05) is 12.1 Å². The highest BCUT2D eigenvalue weighted by Crippen LogP contribution is 2.08. The van der Waals surface area contributed by atoms with Crippen LogP contribution in [0, 0.1) is 0 Å². The number of aryl methyl sites for hydroxylation is 1. The topological polar surface area (TPSA) is 37.6 Å². The normalized spacial score (nSPS) is 21.9. The Kier molecular flexibility index (Phi) is 4.59. The zero-order valence-corrected chi connectivity index (χ0v) is 10.7. The molecule has 4 heteroatoms. The molecule has 4 nitrogen and oxygen atoms in total.